The van der Waals surface area contributed by atoms with Gasteiger partial charge in [-0.2, -0.15) is 0 Å². The molecular weight excluding hydrogens is 250 g/mol. The number of hydrogen-bond donors (Lipinski definition) is 0. The summed E-state index contributed by atoms with van der Waals surface area (Å²) in [7, 11) is 0. The van der Waals surface area contributed by atoms with Crippen LogP contribution in [0.15, 0.2) is 30.3 Å². The maximum Gasteiger partial charge on any atom is 0.182 e. The molecule has 2 heterocycles. The van der Waals surface area contributed by atoms with Crippen molar-refractivity contribution in [2.75, 3.05) is 25.6 Å². The fraction of sp³-hybridized carbons (Fsp3) is 0.571. The van der Waals surface area contributed by atoms with E-state index in [4.69, 9.17) is 21.1 Å². The second kappa shape index (κ2) is 5.17. The summed E-state index contributed by atoms with van der Waals surface area (Å²) in [6.07, 6.45) is 0.996. The number of benzene rings is 1. The average molecular weight is 268 g/mol. The summed E-state index contributed by atoms with van der Waals surface area (Å²) < 4.78 is 11.8. The normalized spacial score (nSPS) is 32.4. The zero-order valence-corrected chi connectivity index (χ0v) is 11.1. The van der Waals surface area contributed by atoms with Crippen LogP contribution in [0.2, 0.25) is 0 Å². The summed E-state index contributed by atoms with van der Waals surface area (Å²) in [6, 6.07) is 10.5. The summed E-state index contributed by atoms with van der Waals surface area (Å²) >= 11 is 5.82. The lowest BCUT2D eigenvalue weighted by molar-refractivity contribution is -0.154. The minimum Gasteiger partial charge on any atom is -0.346 e. The van der Waals surface area contributed by atoms with E-state index in [1.54, 1.807) is 0 Å². The standard InChI is InChI=1S/C14H18ClNO2/c15-8-13-10-17-14(18-13)6-7-16(11-14)9-12-4-2-1-3-5-12/h1-5,13H,6-11H2. The summed E-state index contributed by atoms with van der Waals surface area (Å²) in [4.78, 5) is 2.38. The van der Waals surface area contributed by atoms with E-state index < -0.39 is 5.79 Å². The first kappa shape index (κ1) is 12.4. The maximum atomic E-state index is 5.93. The van der Waals surface area contributed by atoms with Crippen molar-refractivity contribution in [1.29, 1.82) is 0 Å². The molecule has 2 aliphatic heterocycles. The van der Waals surface area contributed by atoms with Gasteiger partial charge in [0.05, 0.1) is 25.1 Å². The van der Waals surface area contributed by atoms with Crippen molar-refractivity contribution in [3.05, 3.63) is 35.9 Å². The maximum absolute atomic E-state index is 5.93. The monoisotopic (exact) mass is 267 g/mol. The Kier molecular flexibility index (Phi) is 3.57. The number of nitrogens with zero attached hydrogens (tertiary/aromatic N) is 1. The Labute approximate surface area is 113 Å². The Balaban J connectivity index is 1.59. The molecule has 0 radical (unpaired) electrons. The topological polar surface area (TPSA) is 21.7 Å². The Morgan fingerprint density at radius 3 is 2.89 bits per heavy atom. The highest BCUT2D eigenvalue weighted by Gasteiger charge is 2.46. The van der Waals surface area contributed by atoms with Crippen molar-refractivity contribution in [3.8, 4) is 0 Å². The number of halogens is 1. The molecule has 0 aliphatic carbocycles. The van der Waals surface area contributed by atoms with E-state index >= 15 is 0 Å². The third-order valence-electron chi connectivity index (χ3n) is 3.61. The van der Waals surface area contributed by atoms with Crippen LogP contribution in [0, 0.1) is 0 Å². The minimum absolute atomic E-state index is 0.0586. The predicted molar refractivity (Wildman–Crippen MR) is 70.6 cm³/mol. The lowest BCUT2D eigenvalue weighted by Crippen LogP contribution is -2.35. The zero-order chi connectivity index (χ0) is 12.4. The van der Waals surface area contributed by atoms with E-state index in [2.05, 4.69) is 29.2 Å². The van der Waals surface area contributed by atoms with Gasteiger partial charge < -0.3 is 9.47 Å². The molecule has 2 atom stereocenters. The van der Waals surface area contributed by atoms with Crippen molar-refractivity contribution >= 4 is 11.6 Å². The van der Waals surface area contributed by atoms with Crippen molar-refractivity contribution in [1.82, 2.24) is 4.90 Å². The van der Waals surface area contributed by atoms with Gasteiger partial charge in [-0.1, -0.05) is 30.3 Å². The Morgan fingerprint density at radius 1 is 1.33 bits per heavy atom. The lowest BCUT2D eigenvalue weighted by atomic mass is 10.2. The Hall–Kier alpha value is -0.610. The largest absolute Gasteiger partial charge is 0.346 e. The number of rotatable bonds is 3. The molecule has 3 rings (SSSR count). The van der Waals surface area contributed by atoms with Crippen molar-refractivity contribution < 1.29 is 9.47 Å². The van der Waals surface area contributed by atoms with E-state index in [1.165, 1.54) is 5.56 Å². The zero-order valence-electron chi connectivity index (χ0n) is 10.3. The predicted octanol–water partition coefficient (Wildman–Crippen LogP) is 2.24. The SMILES string of the molecule is ClCC1COC2(CCN(Cc3ccccc3)C2)O1. The fourth-order valence-corrected chi connectivity index (χ4v) is 2.86. The Morgan fingerprint density at radius 2 is 2.17 bits per heavy atom. The van der Waals surface area contributed by atoms with Gasteiger partial charge in [0.25, 0.3) is 0 Å². The van der Waals surface area contributed by atoms with Crippen LogP contribution in [-0.4, -0.2) is 42.4 Å². The van der Waals surface area contributed by atoms with Gasteiger partial charge in [-0.15, -0.1) is 11.6 Å². The van der Waals surface area contributed by atoms with E-state index in [-0.39, 0.29) is 6.10 Å². The smallest absolute Gasteiger partial charge is 0.182 e. The molecule has 2 saturated heterocycles. The van der Waals surface area contributed by atoms with Crippen LogP contribution in [0.25, 0.3) is 0 Å². The third-order valence-corrected chi connectivity index (χ3v) is 3.95. The van der Waals surface area contributed by atoms with E-state index in [0.29, 0.717) is 12.5 Å². The molecule has 3 nitrogen and oxygen atoms in total. The molecule has 2 unspecified atom stereocenters. The second-order valence-corrected chi connectivity index (χ2v) is 5.37. The fourth-order valence-electron chi connectivity index (χ4n) is 2.71. The molecule has 1 spiro atoms. The lowest BCUT2D eigenvalue weighted by Gasteiger charge is -2.23. The van der Waals surface area contributed by atoms with Crippen LogP contribution >= 0.6 is 11.6 Å². The van der Waals surface area contributed by atoms with E-state index in [1.807, 2.05) is 6.07 Å². The molecule has 1 aromatic rings. The van der Waals surface area contributed by atoms with Crippen LogP contribution < -0.4 is 0 Å². The highest BCUT2D eigenvalue weighted by atomic mass is 35.5. The summed E-state index contributed by atoms with van der Waals surface area (Å²) in [5, 5.41) is 0. The van der Waals surface area contributed by atoms with Gasteiger partial charge >= 0.3 is 0 Å². The van der Waals surface area contributed by atoms with E-state index in [0.717, 1.165) is 26.1 Å². The molecule has 0 amide bonds. The minimum atomic E-state index is -0.395. The van der Waals surface area contributed by atoms with Gasteiger partial charge in [0.1, 0.15) is 0 Å². The Bertz CT molecular complexity index is 400. The summed E-state index contributed by atoms with van der Waals surface area (Å²) in [6.45, 7) is 3.45. The summed E-state index contributed by atoms with van der Waals surface area (Å²) in [5.41, 5.74) is 1.33. The van der Waals surface area contributed by atoms with Gasteiger partial charge in [0.2, 0.25) is 0 Å². The van der Waals surface area contributed by atoms with Gasteiger partial charge in [0.15, 0.2) is 5.79 Å². The number of likely N-dealkylation sites (tertiary alicyclic amines) is 1. The third kappa shape index (κ3) is 2.54. The first-order chi connectivity index (χ1) is 8.80. The number of ether oxygens (including phenoxy) is 2. The van der Waals surface area contributed by atoms with Crippen LogP contribution in [0.5, 0.6) is 0 Å². The van der Waals surface area contributed by atoms with Gasteiger partial charge in [-0.25, -0.2) is 0 Å². The molecule has 0 aromatic heterocycles. The average Bonchev–Trinajstić information content (AvgIpc) is 2.99. The molecule has 0 saturated carbocycles. The van der Waals surface area contributed by atoms with E-state index in [9.17, 15) is 0 Å². The molecule has 2 fully saturated rings. The molecular formula is C14H18ClNO2. The quantitative estimate of drug-likeness (QED) is 0.784. The highest BCUT2D eigenvalue weighted by molar-refractivity contribution is 6.18. The van der Waals surface area contributed by atoms with Crippen LogP contribution in [0.3, 0.4) is 0 Å². The van der Waals surface area contributed by atoms with Crippen LogP contribution in [-0.2, 0) is 16.0 Å². The van der Waals surface area contributed by atoms with Gasteiger partial charge in [0, 0.05) is 19.5 Å². The molecule has 98 valence electrons. The van der Waals surface area contributed by atoms with Crippen molar-refractivity contribution in [3.63, 3.8) is 0 Å². The summed E-state index contributed by atoms with van der Waals surface area (Å²) in [5.74, 6) is 0.120. The first-order valence-corrected chi connectivity index (χ1v) is 6.97. The molecule has 4 heteroatoms. The van der Waals surface area contributed by atoms with Crippen molar-refractivity contribution in [2.45, 2.75) is 24.9 Å². The molecule has 1 aromatic carbocycles. The highest BCUT2D eigenvalue weighted by Crippen LogP contribution is 2.34. The molecule has 0 N–H and O–H groups in total. The molecule has 0 bridgehead atoms. The second-order valence-electron chi connectivity index (χ2n) is 5.06. The molecule has 2 aliphatic rings. The van der Waals surface area contributed by atoms with Crippen LogP contribution in [0.4, 0.5) is 0 Å². The number of alkyl halides is 1. The van der Waals surface area contributed by atoms with Crippen molar-refractivity contribution in [2.24, 2.45) is 0 Å². The number of hydrogen-bond acceptors (Lipinski definition) is 3. The molecule has 18 heavy (non-hydrogen) atoms. The van der Waals surface area contributed by atoms with Crippen LogP contribution in [0.1, 0.15) is 12.0 Å². The van der Waals surface area contributed by atoms with Gasteiger partial charge in [-0.05, 0) is 5.56 Å². The first-order valence-electron chi connectivity index (χ1n) is 6.44. The van der Waals surface area contributed by atoms with Gasteiger partial charge in [-0.3, -0.25) is 4.90 Å².